The molecule has 140 valence electrons. The van der Waals surface area contributed by atoms with E-state index in [1.807, 2.05) is 6.92 Å². The van der Waals surface area contributed by atoms with Crippen LogP contribution in [-0.4, -0.2) is 50.2 Å². The minimum atomic E-state index is -0.152. The van der Waals surface area contributed by atoms with Crippen molar-refractivity contribution in [3.8, 4) is 11.5 Å². The monoisotopic (exact) mass is 368 g/mol. The first-order chi connectivity index (χ1) is 12.0. The van der Waals surface area contributed by atoms with Gasteiger partial charge in [0.2, 0.25) is 0 Å². The lowest BCUT2D eigenvalue weighted by molar-refractivity contribution is 0.0921. The van der Waals surface area contributed by atoms with E-state index in [9.17, 15) is 4.79 Å². The molecule has 1 aliphatic rings. The first-order valence-corrected chi connectivity index (χ1v) is 9.36. The van der Waals surface area contributed by atoms with Gasteiger partial charge in [0.25, 0.3) is 5.91 Å². The molecular weight excluding hydrogens is 340 g/mol. The predicted molar refractivity (Wildman–Crippen MR) is 101 cm³/mol. The second-order valence-corrected chi connectivity index (χ2v) is 7.11. The molecule has 1 aromatic rings. The van der Waals surface area contributed by atoms with E-state index in [4.69, 9.17) is 21.1 Å². The van der Waals surface area contributed by atoms with Crippen LogP contribution in [0.15, 0.2) is 12.1 Å². The lowest BCUT2D eigenvalue weighted by atomic mass is 9.98. The molecule has 1 saturated heterocycles. The number of nitrogens with one attached hydrogen (secondary N) is 1. The van der Waals surface area contributed by atoms with Gasteiger partial charge in [0.1, 0.15) is 0 Å². The Morgan fingerprint density at radius 3 is 2.68 bits per heavy atom. The molecule has 1 unspecified atom stereocenters. The van der Waals surface area contributed by atoms with Gasteiger partial charge in [-0.3, -0.25) is 9.69 Å². The van der Waals surface area contributed by atoms with Crippen molar-refractivity contribution < 1.29 is 14.3 Å². The molecule has 0 spiro atoms. The maximum absolute atomic E-state index is 12.5. The molecule has 0 saturated carbocycles. The summed E-state index contributed by atoms with van der Waals surface area (Å²) in [6, 6.07) is 3.60. The molecule has 1 N–H and O–H groups in total. The molecular formula is C19H29ClN2O3. The van der Waals surface area contributed by atoms with Crippen LogP contribution in [0.2, 0.25) is 5.02 Å². The fourth-order valence-electron chi connectivity index (χ4n) is 3.08. The van der Waals surface area contributed by atoms with Gasteiger partial charge in [0, 0.05) is 18.2 Å². The van der Waals surface area contributed by atoms with Crippen molar-refractivity contribution in [2.75, 3.05) is 33.4 Å². The highest BCUT2D eigenvalue weighted by Gasteiger charge is 2.21. The van der Waals surface area contributed by atoms with Crippen LogP contribution in [0.3, 0.4) is 0 Å². The number of hydrogen-bond acceptors (Lipinski definition) is 4. The Hall–Kier alpha value is -1.46. The van der Waals surface area contributed by atoms with Crippen molar-refractivity contribution >= 4 is 17.5 Å². The third-order valence-corrected chi connectivity index (χ3v) is 5.06. The van der Waals surface area contributed by atoms with E-state index < -0.39 is 0 Å². The molecule has 0 aliphatic carbocycles. The fraction of sp³-hybridized carbons (Fsp3) is 0.632. The third-order valence-electron chi connectivity index (χ3n) is 4.78. The maximum atomic E-state index is 12.5. The van der Waals surface area contributed by atoms with Crippen LogP contribution < -0.4 is 14.8 Å². The minimum Gasteiger partial charge on any atom is -0.493 e. The number of halogens is 1. The Morgan fingerprint density at radius 1 is 1.40 bits per heavy atom. The van der Waals surface area contributed by atoms with Crippen LogP contribution in [0.4, 0.5) is 0 Å². The molecule has 1 fully saturated rings. The number of carbonyl (C=O) groups is 1. The molecule has 25 heavy (non-hydrogen) atoms. The lowest BCUT2D eigenvalue weighted by Gasteiger charge is -2.35. The lowest BCUT2D eigenvalue weighted by Crippen LogP contribution is -2.45. The summed E-state index contributed by atoms with van der Waals surface area (Å²) in [5, 5.41) is 3.38. The summed E-state index contributed by atoms with van der Waals surface area (Å²) in [6.07, 6.45) is 2.45. The zero-order valence-electron chi connectivity index (χ0n) is 15.6. The van der Waals surface area contributed by atoms with Gasteiger partial charge in [-0.15, -0.1) is 0 Å². The van der Waals surface area contributed by atoms with E-state index in [0.717, 1.165) is 19.0 Å². The van der Waals surface area contributed by atoms with Gasteiger partial charge < -0.3 is 14.8 Å². The number of ether oxygens (including phenoxy) is 2. The molecule has 0 bridgehead atoms. The van der Waals surface area contributed by atoms with Crippen LogP contribution >= 0.6 is 11.6 Å². The number of amides is 1. The largest absolute Gasteiger partial charge is 0.493 e. The Bertz CT molecular complexity index is 586. The van der Waals surface area contributed by atoms with E-state index in [1.165, 1.54) is 20.0 Å². The second-order valence-electron chi connectivity index (χ2n) is 6.70. The molecule has 0 aromatic heterocycles. The van der Waals surface area contributed by atoms with E-state index in [0.29, 0.717) is 41.3 Å². The summed E-state index contributed by atoms with van der Waals surface area (Å²) in [7, 11) is 1.54. The van der Waals surface area contributed by atoms with Crippen molar-refractivity contribution in [2.24, 2.45) is 5.92 Å². The molecule has 1 heterocycles. The zero-order chi connectivity index (χ0) is 18.4. The molecule has 0 radical (unpaired) electrons. The Balaban J connectivity index is 1.97. The Morgan fingerprint density at radius 2 is 2.08 bits per heavy atom. The number of nitrogens with zero attached hydrogens (tertiary/aromatic N) is 1. The van der Waals surface area contributed by atoms with E-state index in [-0.39, 0.29) is 5.91 Å². The molecule has 2 rings (SSSR count). The fourth-order valence-corrected chi connectivity index (χ4v) is 3.34. The number of hydrogen-bond donors (Lipinski definition) is 1. The van der Waals surface area contributed by atoms with Gasteiger partial charge in [-0.2, -0.15) is 0 Å². The van der Waals surface area contributed by atoms with Crippen molar-refractivity contribution in [2.45, 2.75) is 39.7 Å². The average molecular weight is 369 g/mol. The summed E-state index contributed by atoms with van der Waals surface area (Å²) >= 11 is 6.24. The minimum absolute atomic E-state index is 0.152. The predicted octanol–water partition coefficient (Wildman–Crippen LogP) is 3.60. The first kappa shape index (κ1) is 19.9. The Kier molecular flexibility index (Phi) is 7.38. The third kappa shape index (κ3) is 5.25. The normalized spacial score (nSPS) is 17.2. The zero-order valence-corrected chi connectivity index (χ0v) is 16.4. The SMILES string of the molecule is CCOc1c(Cl)cc(C(=O)NCC(C)N2CCC(C)CC2)cc1OC. The molecule has 1 amide bonds. The molecule has 1 aromatic carbocycles. The van der Waals surface area contributed by atoms with E-state index >= 15 is 0 Å². The van der Waals surface area contributed by atoms with Gasteiger partial charge >= 0.3 is 0 Å². The topological polar surface area (TPSA) is 50.8 Å². The number of benzene rings is 1. The summed E-state index contributed by atoms with van der Waals surface area (Å²) in [6.45, 7) is 9.61. The number of methoxy groups -OCH3 is 1. The van der Waals surface area contributed by atoms with Gasteiger partial charge in [0.05, 0.1) is 18.7 Å². The highest BCUT2D eigenvalue weighted by molar-refractivity contribution is 6.32. The van der Waals surface area contributed by atoms with Crippen molar-refractivity contribution in [3.05, 3.63) is 22.7 Å². The van der Waals surface area contributed by atoms with Crippen LogP contribution in [0, 0.1) is 5.92 Å². The number of piperidine rings is 1. The smallest absolute Gasteiger partial charge is 0.251 e. The van der Waals surface area contributed by atoms with E-state index in [2.05, 4.69) is 24.1 Å². The first-order valence-electron chi connectivity index (χ1n) is 8.98. The van der Waals surface area contributed by atoms with Crippen LogP contribution in [0.5, 0.6) is 11.5 Å². The van der Waals surface area contributed by atoms with Gasteiger partial charge in [0.15, 0.2) is 11.5 Å². The summed E-state index contributed by atoms with van der Waals surface area (Å²) in [5.74, 6) is 1.59. The van der Waals surface area contributed by atoms with Gasteiger partial charge in [-0.05, 0) is 57.8 Å². The molecule has 6 heteroatoms. The van der Waals surface area contributed by atoms with Crippen molar-refractivity contribution in [1.82, 2.24) is 10.2 Å². The van der Waals surface area contributed by atoms with Crippen LogP contribution in [0.1, 0.15) is 44.0 Å². The van der Waals surface area contributed by atoms with E-state index in [1.54, 1.807) is 12.1 Å². The van der Waals surface area contributed by atoms with Crippen LogP contribution in [-0.2, 0) is 0 Å². The number of rotatable bonds is 7. The van der Waals surface area contributed by atoms with Gasteiger partial charge in [-0.25, -0.2) is 0 Å². The summed E-state index contributed by atoms with van der Waals surface area (Å²) in [5.41, 5.74) is 0.477. The maximum Gasteiger partial charge on any atom is 0.251 e. The van der Waals surface area contributed by atoms with Gasteiger partial charge in [-0.1, -0.05) is 18.5 Å². The molecule has 5 nitrogen and oxygen atoms in total. The number of likely N-dealkylation sites (tertiary alicyclic amines) is 1. The van der Waals surface area contributed by atoms with Crippen molar-refractivity contribution in [1.29, 1.82) is 0 Å². The van der Waals surface area contributed by atoms with Crippen LogP contribution in [0.25, 0.3) is 0 Å². The van der Waals surface area contributed by atoms with Crippen molar-refractivity contribution in [3.63, 3.8) is 0 Å². The summed E-state index contributed by atoms with van der Waals surface area (Å²) in [4.78, 5) is 14.9. The standard InChI is InChI=1S/C19H29ClN2O3/c1-5-25-18-16(20)10-15(11-17(18)24-4)19(23)21-12-14(3)22-8-6-13(2)7-9-22/h10-11,13-14H,5-9,12H2,1-4H3,(H,21,23). The average Bonchev–Trinajstić information content (AvgIpc) is 2.61. The number of carbonyl (C=O) groups excluding carboxylic acids is 1. The Labute approximate surface area is 155 Å². The highest BCUT2D eigenvalue weighted by atomic mass is 35.5. The highest BCUT2D eigenvalue weighted by Crippen LogP contribution is 2.36. The second kappa shape index (κ2) is 9.30. The summed E-state index contributed by atoms with van der Waals surface area (Å²) < 4.78 is 10.8. The quantitative estimate of drug-likeness (QED) is 0.799. The molecule has 1 atom stereocenters. The molecule has 1 aliphatic heterocycles.